The largest absolute Gasteiger partial charge is 0.424 e. The Morgan fingerprint density at radius 3 is 2.48 bits per heavy atom. The molecule has 0 spiro atoms. The van der Waals surface area contributed by atoms with Gasteiger partial charge in [-0.15, -0.1) is 10.2 Å². The maximum absolute atomic E-state index is 12.4. The number of hydrogen-bond acceptors (Lipinski definition) is 5. The fraction of sp³-hybridized carbons (Fsp3) is 0.438. The summed E-state index contributed by atoms with van der Waals surface area (Å²) in [4.78, 5) is 16.5. The van der Waals surface area contributed by atoms with Crippen LogP contribution in [0.3, 0.4) is 0 Å². The zero-order valence-corrected chi connectivity index (χ0v) is 13.8. The minimum atomic E-state index is 0.153. The number of halogens is 1. The number of carbonyl (C=O) groups excluding carboxylic acids is 1. The van der Waals surface area contributed by atoms with Crippen LogP contribution in [0, 0.1) is 6.92 Å². The van der Waals surface area contributed by atoms with Gasteiger partial charge in [0.05, 0.1) is 13.0 Å². The van der Waals surface area contributed by atoms with Crippen LogP contribution in [-0.2, 0) is 17.8 Å². The zero-order valence-electron chi connectivity index (χ0n) is 13.0. The summed E-state index contributed by atoms with van der Waals surface area (Å²) in [5.41, 5.74) is 0.989. The number of aryl methyl sites for hydroxylation is 1. The van der Waals surface area contributed by atoms with Crippen LogP contribution in [0.5, 0.6) is 0 Å². The second-order valence-electron chi connectivity index (χ2n) is 5.67. The van der Waals surface area contributed by atoms with Gasteiger partial charge in [-0.3, -0.25) is 9.69 Å². The summed E-state index contributed by atoms with van der Waals surface area (Å²) in [6.07, 6.45) is 0.417. The standard InChI is InChI=1S/C16H19ClN4O2/c1-12-18-19-15(23-12)11-20-6-8-21(9-7-20)16(22)10-13-2-4-14(17)5-3-13/h2-5H,6-11H2,1H3. The quantitative estimate of drug-likeness (QED) is 0.854. The average Bonchev–Trinajstić information content (AvgIpc) is 2.95. The second kappa shape index (κ2) is 7.10. The van der Waals surface area contributed by atoms with Crippen LogP contribution in [0.25, 0.3) is 0 Å². The molecule has 0 bridgehead atoms. The lowest BCUT2D eigenvalue weighted by Crippen LogP contribution is -2.48. The topological polar surface area (TPSA) is 62.5 Å². The van der Waals surface area contributed by atoms with Gasteiger partial charge in [-0.25, -0.2) is 0 Å². The fourth-order valence-corrected chi connectivity index (χ4v) is 2.76. The van der Waals surface area contributed by atoms with Crippen molar-refractivity contribution in [1.29, 1.82) is 0 Å². The van der Waals surface area contributed by atoms with Gasteiger partial charge in [-0.1, -0.05) is 23.7 Å². The van der Waals surface area contributed by atoms with Gasteiger partial charge in [0.2, 0.25) is 17.7 Å². The third-order valence-corrected chi connectivity index (χ3v) is 4.17. The van der Waals surface area contributed by atoms with E-state index in [1.54, 1.807) is 6.92 Å². The van der Waals surface area contributed by atoms with Crippen molar-refractivity contribution in [3.8, 4) is 0 Å². The molecular formula is C16H19ClN4O2. The van der Waals surface area contributed by atoms with E-state index in [4.69, 9.17) is 16.0 Å². The molecule has 1 aliphatic heterocycles. The number of amides is 1. The zero-order chi connectivity index (χ0) is 16.2. The summed E-state index contributed by atoms with van der Waals surface area (Å²) in [6, 6.07) is 7.42. The molecule has 1 fully saturated rings. The molecule has 0 N–H and O–H groups in total. The minimum absolute atomic E-state index is 0.153. The van der Waals surface area contributed by atoms with E-state index in [9.17, 15) is 4.79 Å². The SMILES string of the molecule is Cc1nnc(CN2CCN(C(=O)Cc3ccc(Cl)cc3)CC2)o1. The minimum Gasteiger partial charge on any atom is -0.424 e. The van der Waals surface area contributed by atoms with Crippen molar-refractivity contribution in [1.82, 2.24) is 20.0 Å². The van der Waals surface area contributed by atoms with Gasteiger partial charge in [0.25, 0.3) is 0 Å². The van der Waals surface area contributed by atoms with E-state index >= 15 is 0 Å². The smallest absolute Gasteiger partial charge is 0.230 e. The lowest BCUT2D eigenvalue weighted by Gasteiger charge is -2.34. The lowest BCUT2D eigenvalue weighted by atomic mass is 10.1. The van der Waals surface area contributed by atoms with E-state index in [1.165, 1.54) is 0 Å². The van der Waals surface area contributed by atoms with Crippen molar-refractivity contribution in [3.05, 3.63) is 46.6 Å². The van der Waals surface area contributed by atoms with Gasteiger partial charge in [-0.05, 0) is 17.7 Å². The van der Waals surface area contributed by atoms with Crippen molar-refractivity contribution in [2.75, 3.05) is 26.2 Å². The van der Waals surface area contributed by atoms with Gasteiger partial charge in [-0.2, -0.15) is 0 Å². The molecule has 0 unspecified atom stereocenters. The third-order valence-electron chi connectivity index (χ3n) is 3.92. The third kappa shape index (κ3) is 4.30. The van der Waals surface area contributed by atoms with E-state index in [0.29, 0.717) is 29.8 Å². The molecule has 0 radical (unpaired) electrons. The molecule has 1 saturated heterocycles. The highest BCUT2D eigenvalue weighted by Crippen LogP contribution is 2.12. The monoisotopic (exact) mass is 334 g/mol. The molecule has 3 rings (SSSR count). The van der Waals surface area contributed by atoms with Crippen molar-refractivity contribution in [2.24, 2.45) is 0 Å². The molecule has 0 atom stereocenters. The molecule has 1 amide bonds. The van der Waals surface area contributed by atoms with Gasteiger partial charge in [0, 0.05) is 38.1 Å². The van der Waals surface area contributed by atoms with Crippen LogP contribution in [-0.4, -0.2) is 52.1 Å². The number of aromatic nitrogens is 2. The molecule has 1 aromatic heterocycles. The molecule has 2 aromatic rings. The van der Waals surface area contributed by atoms with E-state index in [2.05, 4.69) is 15.1 Å². The molecule has 2 heterocycles. The highest BCUT2D eigenvalue weighted by molar-refractivity contribution is 6.30. The Hall–Kier alpha value is -1.92. The summed E-state index contributed by atoms with van der Waals surface area (Å²) >= 11 is 5.86. The van der Waals surface area contributed by atoms with Gasteiger partial charge >= 0.3 is 0 Å². The van der Waals surface area contributed by atoms with Crippen molar-refractivity contribution in [3.63, 3.8) is 0 Å². The molecule has 1 aromatic carbocycles. The van der Waals surface area contributed by atoms with Crippen LogP contribution in [0.4, 0.5) is 0 Å². The first-order chi connectivity index (χ1) is 11.1. The number of rotatable bonds is 4. The average molecular weight is 335 g/mol. The molecule has 23 heavy (non-hydrogen) atoms. The highest BCUT2D eigenvalue weighted by atomic mass is 35.5. The van der Waals surface area contributed by atoms with Crippen molar-refractivity contribution >= 4 is 17.5 Å². The Bertz CT molecular complexity index is 663. The molecule has 6 nitrogen and oxygen atoms in total. The maximum atomic E-state index is 12.4. The van der Waals surface area contributed by atoms with Crippen LogP contribution in [0.1, 0.15) is 17.3 Å². The summed E-state index contributed by atoms with van der Waals surface area (Å²) in [5, 5.41) is 8.52. The molecule has 7 heteroatoms. The molecule has 122 valence electrons. The molecule has 1 aliphatic rings. The van der Waals surface area contributed by atoms with E-state index in [1.807, 2.05) is 29.2 Å². The number of nitrogens with zero attached hydrogens (tertiary/aromatic N) is 4. The Morgan fingerprint density at radius 2 is 1.87 bits per heavy atom. The number of carbonyl (C=O) groups is 1. The van der Waals surface area contributed by atoms with E-state index in [-0.39, 0.29) is 5.91 Å². The molecule has 0 saturated carbocycles. The summed E-state index contributed by atoms with van der Waals surface area (Å²) in [7, 11) is 0. The summed E-state index contributed by atoms with van der Waals surface area (Å²) < 4.78 is 5.39. The van der Waals surface area contributed by atoms with Gasteiger partial charge < -0.3 is 9.32 Å². The molecule has 0 aliphatic carbocycles. The normalized spacial score (nSPS) is 15.8. The number of hydrogen-bond donors (Lipinski definition) is 0. The Labute approximate surface area is 140 Å². The Morgan fingerprint density at radius 1 is 1.17 bits per heavy atom. The maximum Gasteiger partial charge on any atom is 0.230 e. The van der Waals surface area contributed by atoms with Crippen LogP contribution in [0.15, 0.2) is 28.7 Å². The lowest BCUT2D eigenvalue weighted by molar-refractivity contribution is -0.132. The first-order valence-electron chi connectivity index (χ1n) is 7.64. The van der Waals surface area contributed by atoms with E-state index < -0.39 is 0 Å². The predicted octanol–water partition coefficient (Wildman–Crippen LogP) is 1.92. The second-order valence-corrected chi connectivity index (χ2v) is 6.11. The first-order valence-corrected chi connectivity index (χ1v) is 8.01. The van der Waals surface area contributed by atoms with E-state index in [0.717, 1.165) is 31.7 Å². The van der Waals surface area contributed by atoms with Gasteiger partial charge in [0.1, 0.15) is 0 Å². The predicted molar refractivity (Wildman–Crippen MR) is 86.0 cm³/mol. The summed E-state index contributed by atoms with van der Waals surface area (Å²) in [5.74, 6) is 1.36. The first kappa shape index (κ1) is 16.0. The molecular weight excluding hydrogens is 316 g/mol. The number of benzene rings is 1. The summed E-state index contributed by atoms with van der Waals surface area (Å²) in [6.45, 7) is 5.49. The van der Waals surface area contributed by atoms with Crippen LogP contribution < -0.4 is 0 Å². The fourth-order valence-electron chi connectivity index (χ4n) is 2.64. The van der Waals surface area contributed by atoms with Crippen molar-refractivity contribution in [2.45, 2.75) is 19.9 Å². The van der Waals surface area contributed by atoms with Crippen LogP contribution >= 0.6 is 11.6 Å². The van der Waals surface area contributed by atoms with Gasteiger partial charge in [0.15, 0.2) is 0 Å². The highest BCUT2D eigenvalue weighted by Gasteiger charge is 2.22. The van der Waals surface area contributed by atoms with Crippen molar-refractivity contribution < 1.29 is 9.21 Å². The Balaban J connectivity index is 1.48. The van der Waals surface area contributed by atoms with Crippen LogP contribution in [0.2, 0.25) is 5.02 Å². The number of piperazine rings is 1. The Kier molecular flexibility index (Phi) is 4.93.